The van der Waals surface area contributed by atoms with Crippen LogP contribution in [0.2, 0.25) is 0 Å². The fourth-order valence-electron chi connectivity index (χ4n) is 12.1. The topological polar surface area (TPSA) is 38.7 Å². The molecule has 0 bridgehead atoms. The van der Waals surface area contributed by atoms with Crippen molar-refractivity contribution in [3.63, 3.8) is 0 Å². The van der Waals surface area contributed by atoms with Crippen LogP contribution in [0.4, 0.5) is 0 Å². The maximum Gasteiger partial charge on any atom is 3.00 e. The van der Waals surface area contributed by atoms with Crippen LogP contribution in [-0.2, 0) is 45.8 Å². The zero-order chi connectivity index (χ0) is 58.9. The first-order chi connectivity index (χ1) is 43.6. The molecule has 0 radical (unpaired) electrons. The summed E-state index contributed by atoms with van der Waals surface area (Å²) in [4.78, 5) is 14.3. The van der Waals surface area contributed by atoms with Gasteiger partial charge in [-0.05, 0) is 127 Å². The molecule has 11 aromatic carbocycles. The summed E-state index contributed by atoms with van der Waals surface area (Å²) >= 11 is 0. The molecule has 14 rings (SSSR count). The Bertz CT molecular complexity index is 4520. The predicted molar refractivity (Wildman–Crippen MR) is 364 cm³/mol. The van der Waals surface area contributed by atoms with Crippen LogP contribution in [0.5, 0.6) is 0 Å². The van der Waals surface area contributed by atoms with Crippen LogP contribution in [0.15, 0.2) is 316 Å². The molecule has 0 N–H and O–H groups in total. The van der Waals surface area contributed by atoms with Crippen molar-refractivity contribution in [3.05, 3.63) is 356 Å². The molecule has 3 nitrogen and oxygen atoms in total. The van der Waals surface area contributed by atoms with E-state index in [0.29, 0.717) is 0 Å². The van der Waals surface area contributed by atoms with E-state index in [9.17, 15) is 0 Å². The Morgan fingerprint density at radius 3 is 1.09 bits per heavy atom. The van der Waals surface area contributed by atoms with Gasteiger partial charge in [0, 0.05) is 18.6 Å². The summed E-state index contributed by atoms with van der Waals surface area (Å²) in [6, 6.07) is 118. The quantitative estimate of drug-likeness (QED) is 0.0853. The normalized spacial score (nSPS) is 11.0. The number of rotatable bonds is 17. The van der Waals surface area contributed by atoms with Crippen LogP contribution >= 0.6 is 0 Å². The second-order valence-corrected chi connectivity index (χ2v) is 22.3. The molecule has 3 aromatic heterocycles. The Balaban J connectivity index is 0.00000729. The Morgan fingerprint density at radius 1 is 0.225 bits per heavy atom. The summed E-state index contributed by atoms with van der Waals surface area (Å²) in [6.45, 7) is 0. The van der Waals surface area contributed by atoms with Crippen LogP contribution in [0.3, 0.4) is 0 Å². The van der Waals surface area contributed by atoms with Crippen molar-refractivity contribution in [1.82, 2.24) is 15.0 Å². The van der Waals surface area contributed by atoms with Crippen molar-refractivity contribution in [2.24, 2.45) is 0 Å². The van der Waals surface area contributed by atoms with Gasteiger partial charge in [-0.15, -0.1) is 82.4 Å². The standard InChI is InChI=1S/C85H60N3.Ir/c1-5-20-62(21-6-1)64-37-39-65(40-38-64)71-45-47-77(82(56-71)78-48-46-75(85-32-15-18-51-88-85)59-81(78)72-29-19-28-70(55-72)63-22-7-2-8-23-63)76-53-60(33-35-68-41-43-73(83-30-13-16-49-86-83)57-79(68)66-24-9-3-10-25-66)52-61(54-76)34-36-69-42-44-74(84-31-14-17-50-87-84)58-80(69)67-26-11-4-12-27-67;/h1-32,37-42,45,47-59H,33-36H2;/q-3;+3. The second kappa shape index (κ2) is 27.1. The van der Waals surface area contributed by atoms with E-state index < -0.39 is 0 Å². The van der Waals surface area contributed by atoms with E-state index in [1.807, 2.05) is 55.0 Å². The van der Waals surface area contributed by atoms with Crippen LogP contribution in [-0.4, -0.2) is 15.0 Å². The molecule has 0 amide bonds. The molecule has 0 atom stereocenters. The molecule has 3 heterocycles. The molecular formula is C85H60IrN3. The molecular weight excluding hydrogens is 1260 g/mol. The molecule has 0 aliphatic rings. The van der Waals surface area contributed by atoms with Gasteiger partial charge in [0.05, 0.1) is 0 Å². The first-order valence-corrected chi connectivity index (χ1v) is 30.2. The van der Waals surface area contributed by atoms with E-state index in [2.05, 4.69) is 279 Å². The second-order valence-electron chi connectivity index (χ2n) is 22.3. The molecule has 4 heteroatoms. The van der Waals surface area contributed by atoms with Gasteiger partial charge in [-0.3, -0.25) is 0 Å². The zero-order valence-corrected chi connectivity index (χ0v) is 51.4. The first-order valence-electron chi connectivity index (χ1n) is 30.2. The number of nitrogens with zero attached hydrogens (tertiary/aromatic N) is 3. The SMILES string of the molecule is [Ir+3].[c-]1cc(CCc2cc(CCc3c[c-]c(-c4ccccn4)cc3-c3ccccc3)cc(-c3ccc(-c4ccc(-c5ccccc5)cc4)cc3-c3c[c-]c(-c4ccccn4)cc3-c3cccc(-c4ccccc4)c3)c2)c(-c2ccccc2)cc1-c1ccccn1. The average molecular weight is 1320 g/mol. The Morgan fingerprint density at radius 2 is 0.607 bits per heavy atom. The van der Waals surface area contributed by atoms with Crippen LogP contribution in [0, 0.1) is 18.2 Å². The van der Waals surface area contributed by atoms with Gasteiger partial charge in [0.1, 0.15) is 0 Å². The summed E-state index contributed by atoms with van der Waals surface area (Å²) in [5.74, 6) is 0. The summed E-state index contributed by atoms with van der Waals surface area (Å²) < 4.78 is 0. The van der Waals surface area contributed by atoms with E-state index >= 15 is 0 Å². The molecule has 0 saturated carbocycles. The van der Waals surface area contributed by atoms with Crippen molar-refractivity contribution in [2.75, 3.05) is 0 Å². The molecule has 89 heavy (non-hydrogen) atoms. The van der Waals surface area contributed by atoms with E-state index in [-0.39, 0.29) is 20.1 Å². The van der Waals surface area contributed by atoms with Crippen LogP contribution in [0.1, 0.15) is 22.3 Å². The van der Waals surface area contributed by atoms with E-state index in [1.54, 1.807) is 0 Å². The number of benzene rings is 11. The largest absolute Gasteiger partial charge is 3.00 e. The van der Waals surface area contributed by atoms with Crippen molar-refractivity contribution in [1.29, 1.82) is 0 Å². The van der Waals surface area contributed by atoms with Crippen molar-refractivity contribution < 1.29 is 20.1 Å². The molecule has 0 aliphatic carbocycles. The molecule has 0 saturated heterocycles. The third kappa shape index (κ3) is 13.1. The number of hydrogen-bond donors (Lipinski definition) is 0. The average Bonchev–Trinajstić information content (AvgIpc) is 2.24. The maximum atomic E-state index is 4.84. The van der Waals surface area contributed by atoms with Gasteiger partial charge in [0.2, 0.25) is 0 Å². The Labute approximate surface area is 536 Å². The number of pyridine rings is 3. The first kappa shape index (κ1) is 57.6. The van der Waals surface area contributed by atoms with E-state index in [4.69, 9.17) is 15.0 Å². The van der Waals surface area contributed by atoms with E-state index in [0.717, 1.165) is 110 Å². The summed E-state index contributed by atoms with van der Waals surface area (Å²) in [5, 5.41) is 0. The van der Waals surface area contributed by atoms with Crippen molar-refractivity contribution in [3.8, 4) is 123 Å². The Kier molecular flexibility index (Phi) is 17.5. The van der Waals surface area contributed by atoms with Crippen LogP contribution in [0.25, 0.3) is 123 Å². The number of aromatic nitrogens is 3. The van der Waals surface area contributed by atoms with Gasteiger partial charge in [-0.25, -0.2) is 0 Å². The fourth-order valence-corrected chi connectivity index (χ4v) is 12.1. The monoisotopic (exact) mass is 1320 g/mol. The minimum Gasteiger partial charge on any atom is -0.305 e. The fraction of sp³-hybridized carbons (Fsp3) is 0.0471. The van der Waals surface area contributed by atoms with Gasteiger partial charge >= 0.3 is 20.1 Å². The summed E-state index contributed by atoms with van der Waals surface area (Å²) in [7, 11) is 0. The molecule has 0 aliphatic heterocycles. The number of aryl methyl sites for hydroxylation is 4. The predicted octanol–water partition coefficient (Wildman–Crippen LogP) is 21.2. The zero-order valence-electron chi connectivity index (χ0n) is 49.0. The van der Waals surface area contributed by atoms with Crippen molar-refractivity contribution in [2.45, 2.75) is 25.7 Å². The van der Waals surface area contributed by atoms with Gasteiger partial charge < -0.3 is 15.0 Å². The van der Waals surface area contributed by atoms with Gasteiger partial charge in [0.15, 0.2) is 0 Å². The minimum absolute atomic E-state index is 0. The summed E-state index contributed by atoms with van der Waals surface area (Å²) in [6.07, 6.45) is 8.80. The van der Waals surface area contributed by atoms with Gasteiger partial charge in [-0.2, -0.15) is 0 Å². The van der Waals surface area contributed by atoms with Crippen molar-refractivity contribution >= 4 is 0 Å². The third-order valence-corrected chi connectivity index (χ3v) is 16.7. The Hall–Kier alpha value is -10.5. The van der Waals surface area contributed by atoms with E-state index in [1.165, 1.54) is 61.2 Å². The maximum absolute atomic E-state index is 4.84. The number of hydrogen-bond acceptors (Lipinski definition) is 3. The smallest absolute Gasteiger partial charge is 0.305 e. The molecule has 0 spiro atoms. The minimum atomic E-state index is 0. The molecule has 0 fully saturated rings. The molecule has 424 valence electrons. The third-order valence-electron chi connectivity index (χ3n) is 16.7. The molecule has 0 unspecified atom stereocenters. The molecule has 14 aromatic rings. The van der Waals surface area contributed by atoms with Gasteiger partial charge in [-0.1, -0.05) is 277 Å². The summed E-state index contributed by atoms with van der Waals surface area (Å²) in [5.41, 5.74) is 29.0. The van der Waals surface area contributed by atoms with Gasteiger partial charge in [0.25, 0.3) is 0 Å². The van der Waals surface area contributed by atoms with Crippen LogP contribution < -0.4 is 0 Å².